The zero-order valence-corrected chi connectivity index (χ0v) is 12.5. The number of nitrogens with one attached hydrogen (secondary N) is 2. The van der Waals surface area contributed by atoms with E-state index < -0.39 is 23.7 Å². The maximum Gasteiger partial charge on any atom is 0.313 e. The van der Waals surface area contributed by atoms with Gasteiger partial charge in [-0.2, -0.15) is 0 Å². The Kier molecular flexibility index (Phi) is 5.76. The van der Waals surface area contributed by atoms with Crippen molar-refractivity contribution in [3.05, 3.63) is 60.2 Å². The fraction of sp³-hybridized carbons (Fsp3) is 0.188. The molecule has 6 nitrogen and oxygen atoms in total. The number of aromatic nitrogens is 1. The summed E-state index contributed by atoms with van der Waals surface area (Å²) < 4.78 is 18.4. The van der Waals surface area contributed by atoms with Gasteiger partial charge in [-0.3, -0.25) is 14.6 Å². The van der Waals surface area contributed by atoms with Crippen molar-refractivity contribution >= 4 is 17.5 Å². The summed E-state index contributed by atoms with van der Waals surface area (Å²) in [5, 5.41) is 4.87. The molecule has 0 spiro atoms. The average molecular weight is 317 g/mol. The molecule has 0 fully saturated rings. The molecule has 0 aliphatic carbocycles. The summed E-state index contributed by atoms with van der Waals surface area (Å²) in [6, 6.07) is 9.11. The van der Waals surface area contributed by atoms with Crippen molar-refractivity contribution in [3.63, 3.8) is 0 Å². The summed E-state index contributed by atoms with van der Waals surface area (Å²) in [5.74, 6) is -2.02. The van der Waals surface area contributed by atoms with E-state index in [0.29, 0.717) is 11.3 Å². The first kappa shape index (κ1) is 16.6. The van der Waals surface area contributed by atoms with E-state index >= 15 is 0 Å². The van der Waals surface area contributed by atoms with Crippen LogP contribution in [0.5, 0.6) is 0 Å². The van der Waals surface area contributed by atoms with E-state index in [2.05, 4.69) is 15.6 Å². The van der Waals surface area contributed by atoms with Crippen molar-refractivity contribution < 1.29 is 18.7 Å². The number of benzene rings is 1. The molecule has 0 unspecified atom stereocenters. The van der Waals surface area contributed by atoms with Crippen LogP contribution in [0.1, 0.15) is 11.7 Å². The van der Waals surface area contributed by atoms with Crippen LogP contribution in [0.2, 0.25) is 0 Å². The minimum atomic E-state index is -0.813. The van der Waals surface area contributed by atoms with E-state index in [0.717, 1.165) is 0 Å². The summed E-state index contributed by atoms with van der Waals surface area (Å²) in [4.78, 5) is 27.4. The van der Waals surface area contributed by atoms with Gasteiger partial charge in [-0.05, 0) is 29.8 Å². The van der Waals surface area contributed by atoms with Gasteiger partial charge >= 0.3 is 11.8 Å². The third kappa shape index (κ3) is 4.86. The van der Waals surface area contributed by atoms with Gasteiger partial charge in [-0.15, -0.1) is 0 Å². The quantitative estimate of drug-likeness (QED) is 0.822. The van der Waals surface area contributed by atoms with E-state index in [1.807, 2.05) is 0 Å². The molecule has 2 rings (SSSR count). The van der Waals surface area contributed by atoms with Crippen LogP contribution in [0.3, 0.4) is 0 Å². The fourth-order valence-corrected chi connectivity index (χ4v) is 1.93. The lowest BCUT2D eigenvalue weighted by Gasteiger charge is -2.16. The van der Waals surface area contributed by atoms with Gasteiger partial charge in [0.05, 0.1) is 18.0 Å². The van der Waals surface area contributed by atoms with Crippen LogP contribution in [0.25, 0.3) is 0 Å². The fourth-order valence-electron chi connectivity index (χ4n) is 1.93. The summed E-state index contributed by atoms with van der Waals surface area (Å²) in [6.45, 7) is 0.0409. The van der Waals surface area contributed by atoms with Crippen molar-refractivity contribution in [2.24, 2.45) is 0 Å². The van der Waals surface area contributed by atoms with Gasteiger partial charge < -0.3 is 15.4 Å². The van der Waals surface area contributed by atoms with Gasteiger partial charge in [-0.1, -0.05) is 12.1 Å². The highest BCUT2D eigenvalue weighted by Gasteiger charge is 2.17. The third-order valence-corrected chi connectivity index (χ3v) is 3.08. The van der Waals surface area contributed by atoms with Crippen LogP contribution in [-0.4, -0.2) is 30.5 Å². The summed E-state index contributed by atoms with van der Waals surface area (Å²) in [7, 11) is 1.44. The van der Waals surface area contributed by atoms with Crippen molar-refractivity contribution in [2.75, 3.05) is 19.0 Å². The van der Waals surface area contributed by atoms with Crippen LogP contribution >= 0.6 is 0 Å². The molecule has 7 heteroatoms. The second kappa shape index (κ2) is 8.00. The number of carbonyl (C=O) groups is 2. The number of carbonyl (C=O) groups excluding carboxylic acids is 2. The zero-order chi connectivity index (χ0) is 16.7. The number of rotatable bonds is 5. The van der Waals surface area contributed by atoms with E-state index in [1.165, 1.54) is 25.4 Å². The molecule has 2 amide bonds. The number of ether oxygens (including phenoxy) is 1. The molecule has 0 bridgehead atoms. The van der Waals surface area contributed by atoms with Crippen molar-refractivity contribution in [1.82, 2.24) is 10.3 Å². The van der Waals surface area contributed by atoms with Gasteiger partial charge in [0.15, 0.2) is 0 Å². The Morgan fingerprint density at radius 2 is 2.09 bits per heavy atom. The van der Waals surface area contributed by atoms with E-state index in [1.54, 1.807) is 30.5 Å². The first-order valence-electron chi connectivity index (χ1n) is 6.87. The molecule has 1 atom stereocenters. The Morgan fingerprint density at radius 1 is 1.26 bits per heavy atom. The van der Waals surface area contributed by atoms with Gasteiger partial charge in [-0.25, -0.2) is 4.39 Å². The number of anilines is 1. The summed E-state index contributed by atoms with van der Waals surface area (Å²) in [6.07, 6.45) is 2.43. The number of hydrogen-bond donors (Lipinski definition) is 2. The Morgan fingerprint density at radius 3 is 2.74 bits per heavy atom. The number of halogens is 1. The highest BCUT2D eigenvalue weighted by Crippen LogP contribution is 2.16. The molecule has 120 valence electrons. The van der Waals surface area contributed by atoms with Crippen molar-refractivity contribution in [1.29, 1.82) is 0 Å². The second-order valence-corrected chi connectivity index (χ2v) is 4.69. The predicted molar refractivity (Wildman–Crippen MR) is 82.0 cm³/mol. The largest absolute Gasteiger partial charge is 0.375 e. The highest BCUT2D eigenvalue weighted by molar-refractivity contribution is 6.39. The maximum absolute atomic E-state index is 13.2. The first-order valence-corrected chi connectivity index (χ1v) is 6.87. The van der Waals surface area contributed by atoms with Crippen LogP contribution in [0.15, 0.2) is 48.8 Å². The molecule has 0 aliphatic heterocycles. The topological polar surface area (TPSA) is 80.3 Å². The van der Waals surface area contributed by atoms with E-state index in [9.17, 15) is 14.0 Å². The molecule has 23 heavy (non-hydrogen) atoms. The van der Waals surface area contributed by atoms with E-state index in [-0.39, 0.29) is 6.54 Å². The molecule has 1 heterocycles. The lowest BCUT2D eigenvalue weighted by Crippen LogP contribution is -2.38. The number of amides is 2. The molecule has 1 aromatic heterocycles. The molecule has 2 aromatic rings. The molecular formula is C16H16FN3O3. The number of nitrogens with zero attached hydrogens (tertiary/aromatic N) is 1. The van der Waals surface area contributed by atoms with Gasteiger partial charge in [0.2, 0.25) is 0 Å². The number of methoxy groups -OCH3 is 1. The SMILES string of the molecule is CO[C@H](CNC(=O)C(=O)Nc1cccnc1)c1cccc(F)c1. The van der Waals surface area contributed by atoms with Gasteiger partial charge in [0.1, 0.15) is 5.82 Å². The Hall–Kier alpha value is -2.80. The normalized spacial score (nSPS) is 11.6. The minimum absolute atomic E-state index is 0.0409. The second-order valence-electron chi connectivity index (χ2n) is 4.69. The Balaban J connectivity index is 1.90. The summed E-state index contributed by atoms with van der Waals surface area (Å²) >= 11 is 0. The standard InChI is InChI=1S/C16H16FN3O3/c1-23-14(11-4-2-5-12(17)8-11)10-19-15(21)16(22)20-13-6-3-7-18-9-13/h2-9,14H,10H2,1H3,(H,19,21)(H,20,22)/t14-/m1/s1. The molecule has 0 radical (unpaired) electrons. The molecule has 0 aliphatic rings. The number of pyridine rings is 1. The van der Waals surface area contributed by atoms with Gasteiger partial charge in [0.25, 0.3) is 0 Å². The summed E-state index contributed by atoms with van der Waals surface area (Å²) in [5.41, 5.74) is 0.988. The van der Waals surface area contributed by atoms with Gasteiger partial charge in [0, 0.05) is 19.9 Å². The first-order chi connectivity index (χ1) is 11.1. The lowest BCUT2D eigenvalue weighted by atomic mass is 10.1. The zero-order valence-electron chi connectivity index (χ0n) is 12.5. The maximum atomic E-state index is 13.2. The minimum Gasteiger partial charge on any atom is -0.375 e. The lowest BCUT2D eigenvalue weighted by molar-refractivity contribution is -0.136. The molecule has 0 saturated carbocycles. The highest BCUT2D eigenvalue weighted by atomic mass is 19.1. The smallest absolute Gasteiger partial charge is 0.313 e. The van der Waals surface area contributed by atoms with E-state index in [4.69, 9.17) is 4.74 Å². The Bertz CT molecular complexity index is 679. The molecular weight excluding hydrogens is 301 g/mol. The Labute approximate surface area is 132 Å². The number of hydrogen-bond acceptors (Lipinski definition) is 4. The molecule has 1 aromatic carbocycles. The molecule has 0 saturated heterocycles. The average Bonchev–Trinajstić information content (AvgIpc) is 2.56. The molecule has 2 N–H and O–H groups in total. The predicted octanol–water partition coefficient (Wildman–Crippen LogP) is 1.66. The van der Waals surface area contributed by atoms with Crippen LogP contribution in [0.4, 0.5) is 10.1 Å². The van der Waals surface area contributed by atoms with Crippen LogP contribution < -0.4 is 10.6 Å². The third-order valence-electron chi connectivity index (χ3n) is 3.08. The van der Waals surface area contributed by atoms with Crippen molar-refractivity contribution in [3.8, 4) is 0 Å². The van der Waals surface area contributed by atoms with Crippen LogP contribution in [0, 0.1) is 5.82 Å². The van der Waals surface area contributed by atoms with Crippen molar-refractivity contribution in [2.45, 2.75) is 6.10 Å². The monoisotopic (exact) mass is 317 g/mol. The van der Waals surface area contributed by atoms with Crippen LogP contribution in [-0.2, 0) is 14.3 Å².